The number of para-hydroxylation sites is 2. The number of nitrogens with one attached hydrogen (secondary N) is 1. The van der Waals surface area contributed by atoms with Crippen molar-refractivity contribution in [2.75, 3.05) is 11.1 Å². The van der Waals surface area contributed by atoms with Gasteiger partial charge in [0.2, 0.25) is 10.0 Å². The number of benzene rings is 2. The van der Waals surface area contributed by atoms with Gasteiger partial charge < -0.3 is 11.1 Å². The van der Waals surface area contributed by atoms with E-state index in [-0.39, 0.29) is 4.90 Å². The zero-order valence-corrected chi connectivity index (χ0v) is 10.3. The molecule has 0 amide bonds. The fourth-order valence-electron chi connectivity index (χ4n) is 1.49. The Hall–Kier alpha value is -2.05. The van der Waals surface area contributed by atoms with Crippen LogP contribution in [0.2, 0.25) is 0 Å². The third kappa shape index (κ3) is 2.79. The lowest BCUT2D eigenvalue weighted by Gasteiger charge is -2.09. The van der Waals surface area contributed by atoms with E-state index in [4.69, 9.17) is 10.9 Å². The normalized spacial score (nSPS) is 11.2. The van der Waals surface area contributed by atoms with Gasteiger partial charge in [0.05, 0.1) is 16.3 Å². The number of rotatable bonds is 3. The van der Waals surface area contributed by atoms with Gasteiger partial charge in [0.1, 0.15) is 0 Å². The minimum Gasteiger partial charge on any atom is -0.397 e. The molecule has 2 aromatic carbocycles. The van der Waals surface area contributed by atoms with Crippen molar-refractivity contribution in [3.05, 3.63) is 48.5 Å². The molecule has 0 heterocycles. The quantitative estimate of drug-likeness (QED) is 0.733. The van der Waals surface area contributed by atoms with Gasteiger partial charge in [-0.3, -0.25) is 0 Å². The zero-order chi connectivity index (χ0) is 13.2. The van der Waals surface area contributed by atoms with Crippen molar-refractivity contribution < 1.29 is 8.42 Å². The van der Waals surface area contributed by atoms with Gasteiger partial charge in [-0.05, 0) is 36.4 Å². The minimum atomic E-state index is -3.65. The van der Waals surface area contributed by atoms with Crippen LogP contribution in [0.3, 0.4) is 0 Å². The summed E-state index contributed by atoms with van der Waals surface area (Å²) in [6.07, 6.45) is 0. The maximum Gasteiger partial charge on any atom is 0.238 e. The van der Waals surface area contributed by atoms with Gasteiger partial charge in [0, 0.05) is 5.69 Å². The van der Waals surface area contributed by atoms with Gasteiger partial charge in [-0.2, -0.15) is 0 Å². The Balaban J connectivity index is 2.24. The molecule has 6 heteroatoms. The van der Waals surface area contributed by atoms with Crippen molar-refractivity contribution in [2.45, 2.75) is 4.90 Å². The number of anilines is 3. The van der Waals surface area contributed by atoms with Crippen molar-refractivity contribution >= 4 is 27.1 Å². The summed E-state index contributed by atoms with van der Waals surface area (Å²) in [6, 6.07) is 13.5. The third-order valence-corrected chi connectivity index (χ3v) is 3.35. The van der Waals surface area contributed by atoms with Crippen LogP contribution >= 0.6 is 0 Å². The summed E-state index contributed by atoms with van der Waals surface area (Å²) in [5, 5.41) is 8.11. The fourth-order valence-corrected chi connectivity index (χ4v) is 2.01. The molecule has 0 fully saturated rings. The second-order valence-electron chi connectivity index (χ2n) is 3.78. The largest absolute Gasteiger partial charge is 0.397 e. The van der Waals surface area contributed by atoms with Crippen molar-refractivity contribution in [2.24, 2.45) is 5.14 Å². The number of nitrogens with two attached hydrogens (primary N) is 2. The summed E-state index contributed by atoms with van der Waals surface area (Å²) in [5.41, 5.74) is 7.91. The van der Waals surface area contributed by atoms with Crippen LogP contribution in [-0.2, 0) is 10.0 Å². The molecule has 2 aromatic rings. The summed E-state index contributed by atoms with van der Waals surface area (Å²) in [6.45, 7) is 0. The highest BCUT2D eigenvalue weighted by molar-refractivity contribution is 7.89. The number of primary sulfonamides is 1. The van der Waals surface area contributed by atoms with E-state index in [1.165, 1.54) is 12.1 Å². The molecule has 0 aliphatic carbocycles. The molecule has 2 rings (SSSR count). The van der Waals surface area contributed by atoms with E-state index < -0.39 is 10.0 Å². The number of sulfonamides is 1. The molecule has 0 saturated heterocycles. The van der Waals surface area contributed by atoms with Crippen LogP contribution in [0.25, 0.3) is 0 Å². The van der Waals surface area contributed by atoms with Crippen LogP contribution in [0, 0.1) is 0 Å². The molecular weight excluding hydrogens is 250 g/mol. The van der Waals surface area contributed by atoms with Crippen LogP contribution in [0.15, 0.2) is 53.4 Å². The average Bonchev–Trinajstić information content (AvgIpc) is 2.32. The molecule has 5 nitrogen and oxygen atoms in total. The highest BCUT2D eigenvalue weighted by atomic mass is 32.2. The van der Waals surface area contributed by atoms with E-state index in [0.717, 1.165) is 11.4 Å². The lowest BCUT2D eigenvalue weighted by molar-refractivity contribution is 0.598. The number of nitrogen functional groups attached to an aromatic ring is 1. The first-order chi connectivity index (χ1) is 8.47. The van der Waals surface area contributed by atoms with Crippen LogP contribution in [-0.4, -0.2) is 8.42 Å². The topological polar surface area (TPSA) is 98.2 Å². The van der Waals surface area contributed by atoms with Crippen molar-refractivity contribution in [1.82, 2.24) is 0 Å². The number of hydrogen-bond donors (Lipinski definition) is 3. The summed E-state index contributed by atoms with van der Waals surface area (Å²) < 4.78 is 22.2. The summed E-state index contributed by atoms with van der Waals surface area (Å²) in [5.74, 6) is 0. The molecule has 0 aromatic heterocycles. The third-order valence-electron chi connectivity index (χ3n) is 2.42. The Morgan fingerprint density at radius 1 is 0.944 bits per heavy atom. The maximum atomic E-state index is 11.1. The molecule has 0 saturated carbocycles. The Morgan fingerprint density at radius 3 is 2.11 bits per heavy atom. The standard InChI is InChI=1S/C12H13N3O2S/c13-11-3-1-2-4-12(11)15-9-5-7-10(8-6-9)18(14,16)17/h1-8,15H,13H2,(H2,14,16,17). The second-order valence-corrected chi connectivity index (χ2v) is 5.34. The Bertz CT molecular complexity index is 651. The first kappa shape index (κ1) is 12.4. The van der Waals surface area contributed by atoms with Crippen LogP contribution in [0.1, 0.15) is 0 Å². The van der Waals surface area contributed by atoms with Crippen LogP contribution in [0.4, 0.5) is 17.1 Å². The average molecular weight is 263 g/mol. The maximum absolute atomic E-state index is 11.1. The zero-order valence-electron chi connectivity index (χ0n) is 9.50. The Morgan fingerprint density at radius 2 is 1.56 bits per heavy atom. The number of hydrogen-bond acceptors (Lipinski definition) is 4. The molecule has 0 aliphatic rings. The minimum absolute atomic E-state index is 0.0779. The van der Waals surface area contributed by atoms with Gasteiger partial charge in [-0.15, -0.1) is 0 Å². The molecule has 0 unspecified atom stereocenters. The van der Waals surface area contributed by atoms with Gasteiger partial charge >= 0.3 is 0 Å². The fraction of sp³-hybridized carbons (Fsp3) is 0. The van der Waals surface area contributed by atoms with E-state index in [0.29, 0.717) is 5.69 Å². The first-order valence-corrected chi connectivity index (χ1v) is 6.76. The van der Waals surface area contributed by atoms with Crippen LogP contribution < -0.4 is 16.2 Å². The molecule has 0 radical (unpaired) electrons. The summed E-state index contributed by atoms with van der Waals surface area (Å²) in [7, 11) is -3.65. The van der Waals surface area contributed by atoms with E-state index in [9.17, 15) is 8.42 Å². The van der Waals surface area contributed by atoms with E-state index in [1.54, 1.807) is 18.2 Å². The van der Waals surface area contributed by atoms with Gasteiger partial charge in [-0.25, -0.2) is 13.6 Å². The Labute approximate surface area is 105 Å². The monoisotopic (exact) mass is 263 g/mol. The Kier molecular flexibility index (Phi) is 3.22. The van der Waals surface area contributed by atoms with Crippen LogP contribution in [0.5, 0.6) is 0 Å². The van der Waals surface area contributed by atoms with Gasteiger partial charge in [0.15, 0.2) is 0 Å². The van der Waals surface area contributed by atoms with Crippen molar-refractivity contribution in [1.29, 1.82) is 0 Å². The molecule has 0 aliphatic heterocycles. The predicted octanol–water partition coefficient (Wildman–Crippen LogP) is 1.66. The van der Waals surface area contributed by atoms with Crippen molar-refractivity contribution in [3.8, 4) is 0 Å². The SMILES string of the molecule is Nc1ccccc1Nc1ccc(S(N)(=O)=O)cc1. The molecule has 18 heavy (non-hydrogen) atoms. The van der Waals surface area contributed by atoms with Gasteiger partial charge in [0.25, 0.3) is 0 Å². The molecule has 94 valence electrons. The molecule has 5 N–H and O–H groups in total. The molecule has 0 atom stereocenters. The lowest BCUT2D eigenvalue weighted by Crippen LogP contribution is -2.11. The van der Waals surface area contributed by atoms with E-state index in [1.807, 2.05) is 18.2 Å². The predicted molar refractivity (Wildman–Crippen MR) is 72.0 cm³/mol. The molecule has 0 bridgehead atoms. The highest BCUT2D eigenvalue weighted by Crippen LogP contribution is 2.23. The highest BCUT2D eigenvalue weighted by Gasteiger charge is 2.06. The molecular formula is C12H13N3O2S. The summed E-state index contributed by atoms with van der Waals surface area (Å²) in [4.78, 5) is 0.0779. The smallest absolute Gasteiger partial charge is 0.238 e. The van der Waals surface area contributed by atoms with Crippen molar-refractivity contribution in [3.63, 3.8) is 0 Å². The second kappa shape index (κ2) is 4.67. The van der Waals surface area contributed by atoms with Gasteiger partial charge in [-0.1, -0.05) is 12.1 Å². The van der Waals surface area contributed by atoms with E-state index >= 15 is 0 Å². The van der Waals surface area contributed by atoms with E-state index in [2.05, 4.69) is 5.32 Å². The molecule has 0 spiro atoms. The lowest BCUT2D eigenvalue weighted by atomic mass is 10.2. The summed E-state index contributed by atoms with van der Waals surface area (Å²) >= 11 is 0. The first-order valence-electron chi connectivity index (χ1n) is 5.21.